The van der Waals surface area contributed by atoms with Gasteiger partial charge in [0.2, 0.25) is 5.95 Å². The number of amides is 1. The van der Waals surface area contributed by atoms with E-state index >= 15 is 0 Å². The summed E-state index contributed by atoms with van der Waals surface area (Å²) in [4.78, 5) is 21.2. The average Bonchev–Trinajstić information content (AvgIpc) is 2.64. The van der Waals surface area contributed by atoms with Crippen molar-refractivity contribution in [1.82, 2.24) is 9.97 Å². The number of anilines is 3. The van der Waals surface area contributed by atoms with Crippen LogP contribution >= 0.6 is 11.6 Å². The van der Waals surface area contributed by atoms with Crippen molar-refractivity contribution in [3.8, 4) is 6.07 Å². The van der Waals surface area contributed by atoms with Crippen molar-refractivity contribution >= 4 is 34.8 Å². The fourth-order valence-corrected chi connectivity index (χ4v) is 2.72. The third kappa shape index (κ3) is 4.60. The summed E-state index contributed by atoms with van der Waals surface area (Å²) in [6.45, 7) is 3.70. The Hall–Kier alpha value is -3.43. The first-order valence-electron chi connectivity index (χ1n) is 8.15. The van der Waals surface area contributed by atoms with E-state index in [0.717, 1.165) is 11.3 Å². The minimum atomic E-state index is -0.383. The molecule has 0 atom stereocenters. The summed E-state index contributed by atoms with van der Waals surface area (Å²) in [5.41, 5.74) is 3.60. The molecule has 2 N–H and O–H groups in total. The van der Waals surface area contributed by atoms with Gasteiger partial charge < -0.3 is 10.6 Å². The number of carbonyl (C=O) groups excluding carboxylic acids is 1. The summed E-state index contributed by atoms with van der Waals surface area (Å²) in [6.07, 6.45) is 0. The fourth-order valence-electron chi connectivity index (χ4n) is 2.49. The van der Waals surface area contributed by atoms with Crippen LogP contribution in [0.1, 0.15) is 27.3 Å². The number of aromatic nitrogens is 2. The minimum Gasteiger partial charge on any atom is -0.324 e. The zero-order valence-corrected chi connectivity index (χ0v) is 15.5. The molecule has 1 amide bonds. The van der Waals surface area contributed by atoms with Gasteiger partial charge in [-0.1, -0.05) is 17.7 Å². The lowest BCUT2D eigenvalue weighted by Gasteiger charge is -2.11. The van der Waals surface area contributed by atoms with Gasteiger partial charge >= 0.3 is 0 Å². The van der Waals surface area contributed by atoms with Crippen molar-refractivity contribution in [2.75, 3.05) is 10.6 Å². The first-order valence-corrected chi connectivity index (χ1v) is 8.53. The molecule has 0 saturated heterocycles. The van der Waals surface area contributed by atoms with Crippen LogP contribution in [0.25, 0.3) is 0 Å². The molecule has 7 heteroatoms. The van der Waals surface area contributed by atoms with Crippen LogP contribution < -0.4 is 10.6 Å². The smallest absolute Gasteiger partial charge is 0.274 e. The van der Waals surface area contributed by atoms with Crippen molar-refractivity contribution in [2.24, 2.45) is 0 Å². The molecule has 0 aliphatic carbocycles. The molecule has 3 aromatic rings. The van der Waals surface area contributed by atoms with E-state index in [9.17, 15) is 4.79 Å². The molecule has 0 aliphatic heterocycles. The van der Waals surface area contributed by atoms with Crippen molar-refractivity contribution in [3.05, 3.63) is 76.1 Å². The number of aryl methyl sites for hydroxylation is 2. The molecule has 1 aromatic heterocycles. The van der Waals surface area contributed by atoms with Gasteiger partial charge in [0.1, 0.15) is 5.69 Å². The van der Waals surface area contributed by atoms with Crippen LogP contribution in [0.5, 0.6) is 0 Å². The van der Waals surface area contributed by atoms with E-state index in [1.54, 1.807) is 43.3 Å². The summed E-state index contributed by atoms with van der Waals surface area (Å²) in [5.74, 6) is -0.0668. The zero-order valence-electron chi connectivity index (χ0n) is 14.7. The monoisotopic (exact) mass is 377 g/mol. The molecule has 0 unspecified atom stereocenters. The van der Waals surface area contributed by atoms with E-state index < -0.39 is 0 Å². The Balaban J connectivity index is 1.84. The van der Waals surface area contributed by atoms with Crippen molar-refractivity contribution in [3.63, 3.8) is 0 Å². The number of halogens is 1. The van der Waals surface area contributed by atoms with Gasteiger partial charge in [-0.15, -0.1) is 0 Å². The van der Waals surface area contributed by atoms with Gasteiger partial charge in [0, 0.05) is 22.1 Å². The van der Waals surface area contributed by atoms with E-state index in [4.69, 9.17) is 16.9 Å². The van der Waals surface area contributed by atoms with E-state index in [-0.39, 0.29) is 11.6 Å². The molecule has 0 fully saturated rings. The Morgan fingerprint density at radius 1 is 1.11 bits per heavy atom. The maximum absolute atomic E-state index is 12.6. The first kappa shape index (κ1) is 18.4. The average molecular weight is 378 g/mol. The zero-order chi connectivity index (χ0) is 19.4. The lowest BCUT2D eigenvalue weighted by Crippen LogP contribution is -2.15. The Labute approximate surface area is 161 Å². The maximum atomic E-state index is 12.6. The number of hydrogen-bond donors (Lipinski definition) is 2. The van der Waals surface area contributed by atoms with E-state index in [2.05, 4.69) is 20.6 Å². The van der Waals surface area contributed by atoms with Crippen LogP contribution in [-0.4, -0.2) is 15.9 Å². The molecule has 0 spiro atoms. The van der Waals surface area contributed by atoms with Crippen molar-refractivity contribution < 1.29 is 4.79 Å². The molecule has 27 heavy (non-hydrogen) atoms. The topological polar surface area (TPSA) is 90.7 Å². The van der Waals surface area contributed by atoms with Gasteiger partial charge in [-0.2, -0.15) is 5.26 Å². The Morgan fingerprint density at radius 2 is 1.93 bits per heavy atom. The lowest BCUT2D eigenvalue weighted by molar-refractivity contribution is 0.102. The van der Waals surface area contributed by atoms with Crippen LogP contribution in [0.2, 0.25) is 5.02 Å². The number of carbonyl (C=O) groups is 1. The molecule has 0 bridgehead atoms. The van der Waals surface area contributed by atoms with Crippen molar-refractivity contribution in [1.29, 1.82) is 5.26 Å². The Morgan fingerprint density at radius 3 is 2.67 bits per heavy atom. The fraction of sp³-hybridized carbons (Fsp3) is 0.100. The van der Waals surface area contributed by atoms with Crippen LogP contribution in [0.4, 0.5) is 17.3 Å². The van der Waals surface area contributed by atoms with Gasteiger partial charge in [0.05, 0.1) is 11.6 Å². The van der Waals surface area contributed by atoms with E-state index in [0.29, 0.717) is 27.9 Å². The summed E-state index contributed by atoms with van der Waals surface area (Å²) < 4.78 is 0. The highest BCUT2D eigenvalue weighted by Crippen LogP contribution is 2.22. The van der Waals surface area contributed by atoms with Gasteiger partial charge in [0.25, 0.3) is 5.91 Å². The number of hydrogen-bond acceptors (Lipinski definition) is 5. The quantitative estimate of drug-likeness (QED) is 0.692. The SMILES string of the molecule is Cc1cc(C(=O)Nc2cccc(C#N)c2)nc(Nc2ccc(Cl)cc2C)n1. The Bertz CT molecular complexity index is 1060. The van der Waals surface area contributed by atoms with Crippen LogP contribution in [0.15, 0.2) is 48.5 Å². The second-order valence-corrected chi connectivity index (χ2v) is 6.39. The number of nitrogens with zero attached hydrogens (tertiary/aromatic N) is 3. The Kier molecular flexibility index (Phi) is 5.34. The van der Waals surface area contributed by atoms with Gasteiger partial charge in [-0.05, 0) is 61.9 Å². The van der Waals surface area contributed by atoms with Crippen LogP contribution in [0.3, 0.4) is 0 Å². The molecule has 0 radical (unpaired) electrons. The molecule has 0 aliphatic rings. The molecule has 3 rings (SSSR count). The van der Waals surface area contributed by atoms with E-state index in [1.807, 2.05) is 25.1 Å². The number of benzene rings is 2. The predicted molar refractivity (Wildman–Crippen MR) is 105 cm³/mol. The second kappa shape index (κ2) is 7.85. The summed E-state index contributed by atoms with van der Waals surface area (Å²) >= 11 is 5.98. The third-order valence-electron chi connectivity index (χ3n) is 3.77. The molecule has 134 valence electrons. The summed E-state index contributed by atoms with van der Waals surface area (Å²) in [7, 11) is 0. The summed E-state index contributed by atoms with van der Waals surface area (Å²) in [6, 6.07) is 15.7. The molecule has 1 heterocycles. The molecule has 2 aromatic carbocycles. The largest absolute Gasteiger partial charge is 0.324 e. The second-order valence-electron chi connectivity index (χ2n) is 5.95. The first-order chi connectivity index (χ1) is 12.9. The highest BCUT2D eigenvalue weighted by molar-refractivity contribution is 6.30. The molecular weight excluding hydrogens is 362 g/mol. The predicted octanol–water partition coefficient (Wildman–Crippen LogP) is 4.61. The van der Waals surface area contributed by atoms with Crippen LogP contribution in [0, 0.1) is 25.2 Å². The van der Waals surface area contributed by atoms with Gasteiger partial charge in [0.15, 0.2) is 0 Å². The van der Waals surface area contributed by atoms with E-state index in [1.165, 1.54) is 0 Å². The maximum Gasteiger partial charge on any atom is 0.274 e. The van der Waals surface area contributed by atoms with Gasteiger partial charge in [-0.25, -0.2) is 9.97 Å². The molecular formula is C20H16ClN5O. The lowest BCUT2D eigenvalue weighted by atomic mass is 10.2. The third-order valence-corrected chi connectivity index (χ3v) is 4.01. The van der Waals surface area contributed by atoms with Crippen molar-refractivity contribution in [2.45, 2.75) is 13.8 Å². The van der Waals surface area contributed by atoms with Crippen LogP contribution in [-0.2, 0) is 0 Å². The molecule has 0 saturated carbocycles. The number of nitrogens with one attached hydrogen (secondary N) is 2. The van der Waals surface area contributed by atoms with Gasteiger partial charge in [-0.3, -0.25) is 4.79 Å². The molecule has 6 nitrogen and oxygen atoms in total. The normalized spacial score (nSPS) is 10.1. The highest BCUT2D eigenvalue weighted by Gasteiger charge is 2.12. The minimum absolute atomic E-state index is 0.221. The summed E-state index contributed by atoms with van der Waals surface area (Å²) in [5, 5.41) is 15.5. The highest BCUT2D eigenvalue weighted by atomic mass is 35.5. The standard InChI is InChI=1S/C20H16ClN5O/c1-12-8-15(21)6-7-17(12)25-20-23-13(2)9-18(26-20)19(27)24-16-5-3-4-14(10-16)11-22/h3-10H,1-2H3,(H,24,27)(H,23,25,26). The number of rotatable bonds is 4. The number of nitriles is 1.